The van der Waals surface area contributed by atoms with Crippen molar-refractivity contribution in [1.82, 2.24) is 9.97 Å². The van der Waals surface area contributed by atoms with E-state index in [1.807, 2.05) is 0 Å². The first-order valence-electron chi connectivity index (χ1n) is 8.86. The highest BCUT2D eigenvalue weighted by atomic mass is 32.2. The lowest BCUT2D eigenvalue weighted by Gasteiger charge is -2.20. The molecule has 0 unspecified atom stereocenters. The Kier molecular flexibility index (Phi) is 6.41. The van der Waals surface area contributed by atoms with E-state index < -0.39 is 23.7 Å². The molecule has 0 saturated heterocycles. The van der Waals surface area contributed by atoms with E-state index in [0.29, 0.717) is 30.6 Å². The molecular formula is C19H18F3N3O3S. The Hall–Kier alpha value is -2.62. The molecule has 1 N–H and O–H groups in total. The first-order valence-corrected chi connectivity index (χ1v) is 9.84. The van der Waals surface area contributed by atoms with Gasteiger partial charge in [0.15, 0.2) is 10.9 Å². The summed E-state index contributed by atoms with van der Waals surface area (Å²) in [5, 5.41) is 2.52. The summed E-state index contributed by atoms with van der Waals surface area (Å²) in [6.45, 7) is 0. The molecule has 10 heteroatoms. The first kappa shape index (κ1) is 21.1. The summed E-state index contributed by atoms with van der Waals surface area (Å²) in [5.41, 5.74) is 0.312. The fourth-order valence-corrected chi connectivity index (χ4v) is 3.70. The first-order chi connectivity index (χ1) is 13.8. The molecule has 0 radical (unpaired) electrons. The second kappa shape index (κ2) is 8.81. The Bertz CT molecular complexity index is 935. The molecule has 1 heterocycles. The Morgan fingerprint density at radius 3 is 2.69 bits per heavy atom. The molecule has 2 aromatic rings. The van der Waals surface area contributed by atoms with Crippen molar-refractivity contribution in [3.8, 4) is 0 Å². The van der Waals surface area contributed by atoms with E-state index in [0.717, 1.165) is 18.2 Å². The lowest BCUT2D eigenvalue weighted by molar-refractivity contribution is -0.142. The number of rotatable bonds is 5. The highest BCUT2D eigenvalue weighted by molar-refractivity contribution is 7.99. The number of ether oxygens (including phenoxy) is 1. The fourth-order valence-electron chi connectivity index (χ4n) is 3.04. The van der Waals surface area contributed by atoms with Gasteiger partial charge in [-0.25, -0.2) is 14.8 Å². The van der Waals surface area contributed by atoms with Gasteiger partial charge in [-0.15, -0.1) is 0 Å². The molecule has 0 fully saturated rings. The molecule has 1 aliphatic carbocycles. The van der Waals surface area contributed by atoms with Crippen molar-refractivity contribution in [1.29, 1.82) is 0 Å². The van der Waals surface area contributed by atoms with Crippen LogP contribution in [-0.4, -0.2) is 34.7 Å². The van der Waals surface area contributed by atoms with Gasteiger partial charge in [0.2, 0.25) is 5.91 Å². The van der Waals surface area contributed by atoms with E-state index in [4.69, 9.17) is 0 Å². The Morgan fingerprint density at radius 1 is 1.21 bits per heavy atom. The number of benzene rings is 1. The van der Waals surface area contributed by atoms with Crippen LogP contribution in [0.3, 0.4) is 0 Å². The SMILES string of the molecule is COC(=O)c1cccc(NC(=O)CSc2nc3c(c(C(F)(F)F)n2)CCCC3)c1. The number of aryl methyl sites for hydroxylation is 1. The topological polar surface area (TPSA) is 81.2 Å². The number of carbonyl (C=O) groups is 2. The van der Waals surface area contributed by atoms with Crippen molar-refractivity contribution >= 4 is 29.3 Å². The van der Waals surface area contributed by atoms with Crippen molar-refractivity contribution < 1.29 is 27.5 Å². The third kappa shape index (κ3) is 5.26. The predicted octanol–water partition coefficient (Wildman–Crippen LogP) is 3.89. The van der Waals surface area contributed by atoms with Crippen molar-refractivity contribution in [2.75, 3.05) is 18.2 Å². The summed E-state index contributed by atoms with van der Waals surface area (Å²) in [7, 11) is 1.25. The molecule has 1 aromatic heterocycles. The minimum absolute atomic E-state index is 0.0727. The second-order valence-electron chi connectivity index (χ2n) is 6.39. The maximum Gasteiger partial charge on any atom is 0.433 e. The highest BCUT2D eigenvalue weighted by Gasteiger charge is 2.38. The number of aromatic nitrogens is 2. The zero-order valence-electron chi connectivity index (χ0n) is 15.5. The number of carbonyl (C=O) groups excluding carboxylic acids is 2. The zero-order chi connectivity index (χ0) is 21.0. The number of halogens is 3. The lowest BCUT2D eigenvalue weighted by atomic mass is 9.94. The van der Waals surface area contributed by atoms with Gasteiger partial charge in [0, 0.05) is 16.9 Å². The summed E-state index contributed by atoms with van der Waals surface area (Å²) < 4.78 is 44.7. The Labute approximate surface area is 169 Å². The van der Waals surface area contributed by atoms with Crippen molar-refractivity contribution in [2.45, 2.75) is 37.0 Å². The number of nitrogens with zero attached hydrogens (tertiary/aromatic N) is 2. The summed E-state index contributed by atoms with van der Waals surface area (Å²) in [6, 6.07) is 6.16. The largest absolute Gasteiger partial charge is 0.465 e. The number of nitrogens with one attached hydrogen (secondary N) is 1. The standard InChI is InChI=1S/C19H18F3N3O3S/c1-28-17(27)11-5-4-6-12(9-11)23-15(26)10-29-18-24-14-8-3-2-7-13(14)16(25-18)19(20,21)22/h4-6,9H,2-3,7-8,10H2,1H3,(H,23,26). The van der Waals surface area contributed by atoms with Crippen LogP contribution in [0.5, 0.6) is 0 Å². The molecule has 0 atom stereocenters. The normalized spacial score (nSPS) is 13.5. The van der Waals surface area contributed by atoms with E-state index in [2.05, 4.69) is 20.0 Å². The second-order valence-corrected chi connectivity index (χ2v) is 7.34. The van der Waals surface area contributed by atoms with Crippen molar-refractivity contribution in [3.05, 3.63) is 46.8 Å². The number of esters is 1. The van der Waals surface area contributed by atoms with Gasteiger partial charge in [0.05, 0.1) is 18.4 Å². The molecule has 0 saturated carbocycles. The molecule has 29 heavy (non-hydrogen) atoms. The van der Waals surface area contributed by atoms with Crippen LogP contribution in [0, 0.1) is 0 Å². The number of hydrogen-bond donors (Lipinski definition) is 1. The smallest absolute Gasteiger partial charge is 0.433 e. The van der Waals surface area contributed by atoms with Gasteiger partial charge in [-0.3, -0.25) is 4.79 Å². The molecule has 1 aliphatic rings. The number of alkyl halides is 3. The van der Waals surface area contributed by atoms with E-state index in [-0.39, 0.29) is 22.0 Å². The van der Waals surface area contributed by atoms with E-state index in [9.17, 15) is 22.8 Å². The van der Waals surface area contributed by atoms with Gasteiger partial charge >= 0.3 is 12.1 Å². The summed E-state index contributed by atoms with van der Waals surface area (Å²) >= 11 is 0.840. The molecule has 0 aliphatic heterocycles. The van der Waals surface area contributed by atoms with Gasteiger partial charge in [-0.2, -0.15) is 13.2 Å². The number of amides is 1. The zero-order valence-corrected chi connectivity index (χ0v) is 16.3. The van der Waals surface area contributed by atoms with Gasteiger partial charge in [-0.1, -0.05) is 17.8 Å². The van der Waals surface area contributed by atoms with Crippen LogP contribution in [0.1, 0.15) is 40.2 Å². The molecule has 154 valence electrons. The van der Waals surface area contributed by atoms with Gasteiger partial charge in [0.25, 0.3) is 0 Å². The highest BCUT2D eigenvalue weighted by Crippen LogP contribution is 2.35. The minimum Gasteiger partial charge on any atom is -0.465 e. The molecule has 0 bridgehead atoms. The van der Waals surface area contributed by atoms with E-state index in [1.54, 1.807) is 12.1 Å². The van der Waals surface area contributed by atoms with Crippen molar-refractivity contribution in [3.63, 3.8) is 0 Å². The lowest BCUT2D eigenvalue weighted by Crippen LogP contribution is -2.20. The average Bonchev–Trinajstić information content (AvgIpc) is 2.70. The minimum atomic E-state index is -4.56. The number of hydrogen-bond acceptors (Lipinski definition) is 6. The van der Waals surface area contributed by atoms with Crippen molar-refractivity contribution in [2.24, 2.45) is 0 Å². The van der Waals surface area contributed by atoms with Gasteiger partial charge < -0.3 is 10.1 Å². The van der Waals surface area contributed by atoms with Crippen LogP contribution in [0.2, 0.25) is 0 Å². The summed E-state index contributed by atoms with van der Waals surface area (Å²) in [4.78, 5) is 31.6. The molecule has 3 rings (SSSR count). The van der Waals surface area contributed by atoms with Crippen LogP contribution in [0.4, 0.5) is 18.9 Å². The fraction of sp³-hybridized carbons (Fsp3) is 0.368. The van der Waals surface area contributed by atoms with Gasteiger partial charge in [-0.05, 0) is 43.9 Å². The third-order valence-electron chi connectivity index (χ3n) is 4.33. The van der Waals surface area contributed by atoms with E-state index >= 15 is 0 Å². The van der Waals surface area contributed by atoms with Crippen LogP contribution in [0.25, 0.3) is 0 Å². The van der Waals surface area contributed by atoms with Crippen LogP contribution < -0.4 is 5.32 Å². The van der Waals surface area contributed by atoms with E-state index in [1.165, 1.54) is 19.2 Å². The summed E-state index contributed by atoms with van der Waals surface area (Å²) in [6.07, 6.45) is -2.31. The monoisotopic (exact) mass is 425 g/mol. The maximum absolute atomic E-state index is 13.4. The number of thioether (sulfide) groups is 1. The third-order valence-corrected chi connectivity index (χ3v) is 5.18. The quantitative estimate of drug-likeness (QED) is 0.445. The molecular weight excluding hydrogens is 407 g/mol. The maximum atomic E-state index is 13.4. The Balaban J connectivity index is 1.70. The average molecular weight is 425 g/mol. The number of methoxy groups -OCH3 is 1. The molecule has 1 aromatic carbocycles. The van der Waals surface area contributed by atoms with Crippen LogP contribution in [0.15, 0.2) is 29.4 Å². The predicted molar refractivity (Wildman–Crippen MR) is 101 cm³/mol. The van der Waals surface area contributed by atoms with Crippen LogP contribution in [-0.2, 0) is 28.5 Å². The molecule has 6 nitrogen and oxygen atoms in total. The number of anilines is 1. The number of fused-ring (bicyclic) bond motifs is 1. The molecule has 0 spiro atoms. The van der Waals surface area contributed by atoms with Gasteiger partial charge in [0.1, 0.15) is 0 Å². The van der Waals surface area contributed by atoms with Crippen LogP contribution >= 0.6 is 11.8 Å². The molecule has 1 amide bonds. The Morgan fingerprint density at radius 2 is 1.97 bits per heavy atom. The summed E-state index contributed by atoms with van der Waals surface area (Å²) in [5.74, 6) is -1.16.